The quantitative estimate of drug-likeness (QED) is 0.849. The van der Waals surface area contributed by atoms with Crippen LogP contribution < -0.4 is 0 Å². The van der Waals surface area contributed by atoms with Crippen LogP contribution in [0.2, 0.25) is 0 Å². The molecule has 1 N–H and O–H groups in total. The zero-order valence-corrected chi connectivity index (χ0v) is 8.79. The third-order valence-corrected chi connectivity index (χ3v) is 2.32. The molecule has 0 amide bonds. The van der Waals surface area contributed by atoms with Gasteiger partial charge in [0.05, 0.1) is 5.56 Å². The number of benzene rings is 1. The van der Waals surface area contributed by atoms with Gasteiger partial charge >= 0.3 is 5.97 Å². The van der Waals surface area contributed by atoms with Gasteiger partial charge in [0.2, 0.25) is 0 Å². The van der Waals surface area contributed by atoms with E-state index in [1.165, 1.54) is 0 Å². The van der Waals surface area contributed by atoms with E-state index in [4.69, 9.17) is 5.11 Å². The van der Waals surface area contributed by atoms with Crippen LogP contribution in [0, 0.1) is 0 Å². The van der Waals surface area contributed by atoms with Crippen molar-refractivity contribution in [3.63, 3.8) is 0 Å². The fourth-order valence-corrected chi connectivity index (χ4v) is 1.50. The summed E-state index contributed by atoms with van der Waals surface area (Å²) < 4.78 is 1.86. The Morgan fingerprint density at radius 3 is 3.00 bits per heavy atom. The molecule has 0 radical (unpaired) electrons. The average molecular weight is 217 g/mol. The zero-order chi connectivity index (χ0) is 11.5. The van der Waals surface area contributed by atoms with Gasteiger partial charge in [-0.2, -0.15) is 0 Å². The van der Waals surface area contributed by atoms with Crippen LogP contribution >= 0.6 is 0 Å². The van der Waals surface area contributed by atoms with Crippen molar-refractivity contribution in [3.8, 4) is 11.4 Å². The standard InChI is InChI=1S/C11H11N3O2/c1-2-14-7-12-13-10(14)8-4-3-5-9(6-8)11(15)16/h3-7H,2H2,1H3,(H,15,16). The number of aromatic carboxylic acids is 1. The third kappa shape index (κ3) is 1.79. The zero-order valence-electron chi connectivity index (χ0n) is 8.79. The number of carboxylic acid groups (broad SMARTS) is 1. The monoisotopic (exact) mass is 217 g/mol. The number of carbonyl (C=O) groups is 1. The number of hydrogen-bond donors (Lipinski definition) is 1. The maximum absolute atomic E-state index is 10.8. The summed E-state index contributed by atoms with van der Waals surface area (Å²) in [5.41, 5.74) is 1.02. The molecule has 0 saturated heterocycles. The molecule has 1 aromatic carbocycles. The van der Waals surface area contributed by atoms with Gasteiger partial charge in [-0.05, 0) is 19.1 Å². The van der Waals surface area contributed by atoms with Gasteiger partial charge in [-0.3, -0.25) is 0 Å². The van der Waals surface area contributed by atoms with E-state index in [2.05, 4.69) is 10.2 Å². The summed E-state index contributed by atoms with van der Waals surface area (Å²) in [6.45, 7) is 2.73. The molecular weight excluding hydrogens is 206 g/mol. The molecule has 82 valence electrons. The Kier molecular flexibility index (Phi) is 2.68. The van der Waals surface area contributed by atoms with Gasteiger partial charge in [0.25, 0.3) is 0 Å². The van der Waals surface area contributed by atoms with Crippen molar-refractivity contribution >= 4 is 5.97 Å². The largest absolute Gasteiger partial charge is 0.478 e. The highest BCUT2D eigenvalue weighted by molar-refractivity contribution is 5.89. The molecule has 5 heteroatoms. The molecule has 0 aliphatic rings. The first-order valence-corrected chi connectivity index (χ1v) is 4.94. The Balaban J connectivity index is 2.48. The van der Waals surface area contributed by atoms with Crippen molar-refractivity contribution in [2.24, 2.45) is 0 Å². The molecule has 1 heterocycles. The van der Waals surface area contributed by atoms with Gasteiger partial charge in [0.15, 0.2) is 5.82 Å². The second kappa shape index (κ2) is 4.14. The average Bonchev–Trinajstić information content (AvgIpc) is 2.77. The van der Waals surface area contributed by atoms with E-state index in [-0.39, 0.29) is 5.56 Å². The van der Waals surface area contributed by atoms with E-state index in [1.54, 1.807) is 24.5 Å². The summed E-state index contributed by atoms with van der Waals surface area (Å²) in [6.07, 6.45) is 1.63. The molecule has 0 fully saturated rings. The highest BCUT2D eigenvalue weighted by Gasteiger charge is 2.09. The van der Waals surface area contributed by atoms with Gasteiger partial charge in [0.1, 0.15) is 6.33 Å². The van der Waals surface area contributed by atoms with Crippen LogP contribution in [0.15, 0.2) is 30.6 Å². The van der Waals surface area contributed by atoms with Crippen molar-refractivity contribution in [2.75, 3.05) is 0 Å². The minimum atomic E-state index is -0.940. The number of rotatable bonds is 3. The number of hydrogen-bond acceptors (Lipinski definition) is 3. The van der Waals surface area contributed by atoms with Crippen LogP contribution in [0.25, 0.3) is 11.4 Å². The SMILES string of the molecule is CCn1cnnc1-c1cccc(C(=O)O)c1. The number of aryl methyl sites for hydroxylation is 1. The normalized spacial score (nSPS) is 10.3. The van der Waals surface area contributed by atoms with Crippen LogP contribution in [-0.4, -0.2) is 25.8 Å². The molecule has 2 rings (SSSR count). The highest BCUT2D eigenvalue weighted by Crippen LogP contribution is 2.17. The summed E-state index contributed by atoms with van der Waals surface area (Å²) in [6, 6.07) is 6.67. The van der Waals surface area contributed by atoms with Crippen LogP contribution in [0.4, 0.5) is 0 Å². The molecule has 1 aromatic heterocycles. The predicted octanol–water partition coefficient (Wildman–Crippen LogP) is 1.66. The summed E-state index contributed by atoms with van der Waals surface area (Å²) in [7, 11) is 0. The summed E-state index contributed by atoms with van der Waals surface area (Å²) >= 11 is 0. The second-order valence-electron chi connectivity index (χ2n) is 3.33. The van der Waals surface area contributed by atoms with Crippen molar-refractivity contribution in [3.05, 3.63) is 36.2 Å². The topological polar surface area (TPSA) is 68.0 Å². The Bertz CT molecular complexity index is 519. The molecule has 16 heavy (non-hydrogen) atoms. The molecule has 2 aromatic rings. The van der Waals surface area contributed by atoms with Crippen molar-refractivity contribution in [1.82, 2.24) is 14.8 Å². The number of aromatic nitrogens is 3. The van der Waals surface area contributed by atoms with Gasteiger partial charge in [-0.25, -0.2) is 4.79 Å². The van der Waals surface area contributed by atoms with E-state index in [9.17, 15) is 4.79 Å². The van der Waals surface area contributed by atoms with E-state index in [1.807, 2.05) is 17.6 Å². The molecule has 0 aliphatic carbocycles. The predicted molar refractivity (Wildman–Crippen MR) is 58.1 cm³/mol. The molecule has 5 nitrogen and oxygen atoms in total. The van der Waals surface area contributed by atoms with Gasteiger partial charge < -0.3 is 9.67 Å². The molecule has 0 atom stereocenters. The first kappa shape index (κ1) is 10.4. The highest BCUT2D eigenvalue weighted by atomic mass is 16.4. The van der Waals surface area contributed by atoms with E-state index < -0.39 is 5.97 Å². The first-order valence-electron chi connectivity index (χ1n) is 4.94. The minimum absolute atomic E-state index is 0.253. The van der Waals surface area contributed by atoms with Crippen molar-refractivity contribution in [2.45, 2.75) is 13.5 Å². The number of carboxylic acids is 1. The maximum Gasteiger partial charge on any atom is 0.335 e. The Hall–Kier alpha value is -2.17. The Morgan fingerprint density at radius 2 is 2.31 bits per heavy atom. The van der Waals surface area contributed by atoms with Crippen molar-refractivity contribution in [1.29, 1.82) is 0 Å². The van der Waals surface area contributed by atoms with Gasteiger partial charge in [-0.1, -0.05) is 12.1 Å². The Morgan fingerprint density at radius 1 is 1.50 bits per heavy atom. The Labute approximate surface area is 92.4 Å². The number of nitrogens with zero attached hydrogens (tertiary/aromatic N) is 3. The van der Waals surface area contributed by atoms with Crippen LogP contribution in [0.5, 0.6) is 0 Å². The lowest BCUT2D eigenvalue weighted by Gasteiger charge is -2.03. The molecule has 0 spiro atoms. The summed E-state index contributed by atoms with van der Waals surface area (Å²) in [4.78, 5) is 10.8. The van der Waals surface area contributed by atoms with E-state index in [0.717, 1.165) is 12.1 Å². The van der Waals surface area contributed by atoms with Crippen LogP contribution in [0.1, 0.15) is 17.3 Å². The van der Waals surface area contributed by atoms with Gasteiger partial charge in [-0.15, -0.1) is 10.2 Å². The molecular formula is C11H11N3O2. The minimum Gasteiger partial charge on any atom is -0.478 e. The second-order valence-corrected chi connectivity index (χ2v) is 3.33. The van der Waals surface area contributed by atoms with E-state index >= 15 is 0 Å². The molecule has 0 unspecified atom stereocenters. The van der Waals surface area contributed by atoms with Crippen LogP contribution in [-0.2, 0) is 6.54 Å². The smallest absolute Gasteiger partial charge is 0.335 e. The maximum atomic E-state index is 10.8. The van der Waals surface area contributed by atoms with E-state index in [0.29, 0.717) is 5.82 Å². The first-order chi connectivity index (χ1) is 7.72. The lowest BCUT2D eigenvalue weighted by Crippen LogP contribution is -1.99. The molecule has 0 saturated carbocycles. The molecule has 0 aliphatic heterocycles. The fraction of sp³-hybridized carbons (Fsp3) is 0.182. The molecule has 0 bridgehead atoms. The van der Waals surface area contributed by atoms with Crippen molar-refractivity contribution < 1.29 is 9.90 Å². The fourth-order valence-electron chi connectivity index (χ4n) is 1.50. The lowest BCUT2D eigenvalue weighted by molar-refractivity contribution is 0.0697. The third-order valence-electron chi connectivity index (χ3n) is 2.32. The van der Waals surface area contributed by atoms with Crippen LogP contribution in [0.3, 0.4) is 0 Å². The lowest BCUT2D eigenvalue weighted by atomic mass is 10.1. The summed E-state index contributed by atoms with van der Waals surface area (Å²) in [5.74, 6) is -0.255. The van der Waals surface area contributed by atoms with Gasteiger partial charge in [0, 0.05) is 12.1 Å². The summed E-state index contributed by atoms with van der Waals surface area (Å²) in [5, 5.41) is 16.7.